The third kappa shape index (κ3) is 4.27. The molecule has 0 amide bonds. The van der Waals surface area contributed by atoms with E-state index in [0.29, 0.717) is 11.5 Å². The van der Waals surface area contributed by atoms with Crippen molar-refractivity contribution in [3.8, 4) is 0 Å². The van der Waals surface area contributed by atoms with Crippen molar-refractivity contribution in [2.75, 3.05) is 10.6 Å². The lowest BCUT2D eigenvalue weighted by atomic mass is 10.1. The zero-order valence-electron chi connectivity index (χ0n) is 14.1. The maximum absolute atomic E-state index is 12.6. The Labute approximate surface area is 148 Å². The number of halogens is 3. The molecular weight excluding hydrogens is 343 g/mol. The van der Waals surface area contributed by atoms with Gasteiger partial charge in [0.1, 0.15) is 0 Å². The molecule has 0 unspecified atom stereocenters. The first kappa shape index (κ1) is 17.7. The van der Waals surface area contributed by atoms with Crippen LogP contribution in [0.15, 0.2) is 48.7 Å². The van der Waals surface area contributed by atoms with Crippen molar-refractivity contribution in [1.29, 1.82) is 0 Å². The molecule has 0 bridgehead atoms. The molecule has 0 radical (unpaired) electrons. The van der Waals surface area contributed by atoms with Crippen LogP contribution in [0.25, 0.3) is 0 Å². The Hall–Kier alpha value is -3.16. The molecule has 0 aliphatic carbocycles. The van der Waals surface area contributed by atoms with Gasteiger partial charge in [0.25, 0.3) is 0 Å². The molecule has 26 heavy (non-hydrogen) atoms. The van der Waals surface area contributed by atoms with Gasteiger partial charge in [-0.2, -0.15) is 23.3 Å². The van der Waals surface area contributed by atoms with Gasteiger partial charge in [-0.15, -0.1) is 5.10 Å². The van der Waals surface area contributed by atoms with Crippen LogP contribution in [0.3, 0.4) is 0 Å². The van der Waals surface area contributed by atoms with Gasteiger partial charge < -0.3 is 10.6 Å². The Morgan fingerprint density at radius 1 is 0.923 bits per heavy atom. The fourth-order valence-corrected chi connectivity index (χ4v) is 2.38. The minimum atomic E-state index is -4.37. The second-order valence-corrected chi connectivity index (χ2v) is 5.81. The molecular formula is C18H16F3N5. The van der Waals surface area contributed by atoms with Crippen molar-refractivity contribution in [1.82, 2.24) is 15.2 Å². The Bertz CT molecular complexity index is 907. The minimum Gasteiger partial charge on any atom is -0.339 e. The van der Waals surface area contributed by atoms with Crippen molar-refractivity contribution in [2.24, 2.45) is 0 Å². The Morgan fingerprint density at radius 3 is 2.31 bits per heavy atom. The molecule has 0 fully saturated rings. The zero-order chi connectivity index (χ0) is 18.7. The summed E-state index contributed by atoms with van der Waals surface area (Å²) in [4.78, 5) is 4.28. The number of nitrogens with one attached hydrogen (secondary N) is 2. The lowest BCUT2D eigenvalue weighted by Gasteiger charge is -2.11. The van der Waals surface area contributed by atoms with E-state index in [-0.39, 0.29) is 5.95 Å². The number of nitrogens with zero attached hydrogens (tertiary/aromatic N) is 3. The minimum absolute atomic E-state index is 0.180. The Morgan fingerprint density at radius 2 is 1.65 bits per heavy atom. The lowest BCUT2D eigenvalue weighted by Crippen LogP contribution is -2.05. The van der Waals surface area contributed by atoms with Crippen molar-refractivity contribution in [2.45, 2.75) is 20.0 Å². The van der Waals surface area contributed by atoms with Gasteiger partial charge in [-0.05, 0) is 49.7 Å². The van der Waals surface area contributed by atoms with Crippen molar-refractivity contribution in [3.63, 3.8) is 0 Å². The number of aryl methyl sites for hydroxylation is 2. The van der Waals surface area contributed by atoms with E-state index < -0.39 is 11.7 Å². The van der Waals surface area contributed by atoms with E-state index in [4.69, 9.17) is 0 Å². The van der Waals surface area contributed by atoms with Crippen molar-refractivity contribution < 1.29 is 13.2 Å². The first-order valence-electron chi connectivity index (χ1n) is 7.79. The van der Waals surface area contributed by atoms with E-state index in [1.54, 1.807) is 0 Å². The van der Waals surface area contributed by atoms with E-state index in [0.717, 1.165) is 28.9 Å². The fraction of sp³-hybridized carbons (Fsp3) is 0.167. The van der Waals surface area contributed by atoms with Crippen LogP contribution < -0.4 is 10.6 Å². The van der Waals surface area contributed by atoms with Crippen molar-refractivity contribution in [3.05, 3.63) is 65.4 Å². The van der Waals surface area contributed by atoms with E-state index in [2.05, 4.69) is 25.8 Å². The molecule has 0 aliphatic heterocycles. The molecule has 134 valence electrons. The van der Waals surface area contributed by atoms with Crippen LogP contribution in [0, 0.1) is 13.8 Å². The lowest BCUT2D eigenvalue weighted by molar-refractivity contribution is -0.137. The predicted octanol–water partition coefficient (Wildman–Crippen LogP) is 4.99. The van der Waals surface area contributed by atoms with Gasteiger partial charge >= 0.3 is 6.18 Å². The number of rotatable bonds is 4. The average Bonchev–Trinajstić information content (AvgIpc) is 2.57. The van der Waals surface area contributed by atoms with Crippen molar-refractivity contribution >= 4 is 23.1 Å². The number of alkyl halides is 3. The van der Waals surface area contributed by atoms with Crippen LogP contribution in [-0.4, -0.2) is 15.2 Å². The van der Waals surface area contributed by atoms with Crippen LogP contribution in [0.4, 0.5) is 36.3 Å². The predicted molar refractivity (Wildman–Crippen MR) is 93.8 cm³/mol. The molecule has 3 aromatic rings. The van der Waals surface area contributed by atoms with E-state index in [9.17, 15) is 13.2 Å². The van der Waals surface area contributed by atoms with E-state index in [1.807, 2.05) is 32.0 Å². The highest BCUT2D eigenvalue weighted by molar-refractivity contribution is 5.62. The van der Waals surface area contributed by atoms with Gasteiger partial charge in [-0.25, -0.2) is 0 Å². The average molecular weight is 359 g/mol. The molecule has 1 heterocycles. The SMILES string of the molecule is Cc1ccc(Nc2cnnc(Nc3ccc(C(F)(F)F)cc3)n2)c(C)c1. The third-order valence-electron chi connectivity index (χ3n) is 3.67. The monoisotopic (exact) mass is 359 g/mol. The van der Waals surface area contributed by atoms with Gasteiger partial charge in [0.15, 0.2) is 5.82 Å². The second-order valence-electron chi connectivity index (χ2n) is 5.81. The summed E-state index contributed by atoms with van der Waals surface area (Å²) in [6.07, 6.45) is -2.90. The molecule has 0 aliphatic rings. The largest absolute Gasteiger partial charge is 0.416 e. The van der Waals surface area contributed by atoms with Crippen LogP contribution in [0.2, 0.25) is 0 Å². The highest BCUT2D eigenvalue weighted by Gasteiger charge is 2.29. The number of hydrogen-bond donors (Lipinski definition) is 2. The maximum Gasteiger partial charge on any atom is 0.416 e. The van der Waals surface area contributed by atoms with Gasteiger partial charge in [0.2, 0.25) is 5.95 Å². The maximum atomic E-state index is 12.6. The number of aromatic nitrogens is 3. The summed E-state index contributed by atoms with van der Waals surface area (Å²) < 4.78 is 37.8. The molecule has 0 atom stereocenters. The normalized spacial score (nSPS) is 11.3. The summed E-state index contributed by atoms with van der Waals surface area (Å²) in [6, 6.07) is 10.6. The summed E-state index contributed by atoms with van der Waals surface area (Å²) in [5.74, 6) is 0.654. The third-order valence-corrected chi connectivity index (χ3v) is 3.67. The first-order chi connectivity index (χ1) is 12.3. The summed E-state index contributed by atoms with van der Waals surface area (Å²) >= 11 is 0. The number of anilines is 4. The standard InChI is InChI=1S/C18H16F3N5/c1-11-3-8-15(12(2)9-11)24-16-10-22-26-17(25-16)23-14-6-4-13(5-7-14)18(19,20)21/h3-10H,1-2H3,(H2,23,24,25,26). The van der Waals surface area contributed by atoms with Crippen LogP contribution in [0.5, 0.6) is 0 Å². The molecule has 2 N–H and O–H groups in total. The quantitative estimate of drug-likeness (QED) is 0.687. The molecule has 3 rings (SSSR count). The molecule has 8 heteroatoms. The Balaban J connectivity index is 1.75. The molecule has 0 saturated carbocycles. The zero-order valence-corrected chi connectivity index (χ0v) is 14.1. The van der Waals surface area contributed by atoms with E-state index >= 15 is 0 Å². The second kappa shape index (κ2) is 6.99. The molecule has 0 spiro atoms. The van der Waals surface area contributed by atoms with Gasteiger partial charge in [-0.3, -0.25) is 0 Å². The number of hydrogen-bond acceptors (Lipinski definition) is 5. The number of benzene rings is 2. The van der Waals surface area contributed by atoms with Gasteiger partial charge in [0, 0.05) is 11.4 Å². The van der Waals surface area contributed by atoms with E-state index in [1.165, 1.54) is 18.3 Å². The van der Waals surface area contributed by atoms with Crippen LogP contribution in [0.1, 0.15) is 16.7 Å². The van der Waals surface area contributed by atoms with Gasteiger partial charge in [0.05, 0.1) is 11.8 Å². The molecule has 1 aromatic heterocycles. The molecule has 5 nitrogen and oxygen atoms in total. The highest BCUT2D eigenvalue weighted by Crippen LogP contribution is 2.30. The molecule has 0 saturated heterocycles. The highest BCUT2D eigenvalue weighted by atomic mass is 19.4. The van der Waals surface area contributed by atoms with Crippen LogP contribution >= 0.6 is 0 Å². The van der Waals surface area contributed by atoms with Crippen LogP contribution in [-0.2, 0) is 6.18 Å². The summed E-state index contributed by atoms with van der Waals surface area (Å²) in [5, 5.41) is 13.7. The summed E-state index contributed by atoms with van der Waals surface area (Å²) in [6.45, 7) is 3.99. The fourth-order valence-electron chi connectivity index (χ4n) is 2.38. The molecule has 2 aromatic carbocycles. The summed E-state index contributed by atoms with van der Waals surface area (Å²) in [7, 11) is 0. The first-order valence-corrected chi connectivity index (χ1v) is 7.79. The van der Waals surface area contributed by atoms with Gasteiger partial charge in [-0.1, -0.05) is 17.7 Å². The Kier molecular flexibility index (Phi) is 4.75. The topological polar surface area (TPSA) is 62.7 Å². The smallest absolute Gasteiger partial charge is 0.339 e. The summed E-state index contributed by atoms with van der Waals surface area (Å²) in [5.41, 5.74) is 2.81.